The van der Waals surface area contributed by atoms with Gasteiger partial charge in [-0.15, -0.1) is 6.58 Å². The molecule has 0 rings (SSSR count). The van der Waals surface area contributed by atoms with E-state index in [0.29, 0.717) is 0 Å². The van der Waals surface area contributed by atoms with E-state index in [1.54, 1.807) is 6.08 Å². The molecule has 0 aliphatic rings. The van der Waals surface area contributed by atoms with Gasteiger partial charge in [0.2, 0.25) is 0 Å². The minimum Gasteiger partial charge on any atom is -0.550 e. The van der Waals surface area contributed by atoms with Gasteiger partial charge in [-0.25, -0.2) is 0 Å². The van der Waals surface area contributed by atoms with Crippen molar-refractivity contribution < 1.29 is 19.8 Å². The van der Waals surface area contributed by atoms with E-state index < -0.39 is 18.4 Å². The molecule has 4 heteroatoms. The Hall–Kier alpha value is -1.32. The number of allylic oxidation sites excluding steroid dienone is 1. The zero-order valence-electron chi connectivity index (χ0n) is 5.62. The van der Waals surface area contributed by atoms with Gasteiger partial charge in [0, 0.05) is 18.4 Å². The van der Waals surface area contributed by atoms with Crippen LogP contribution >= 0.6 is 0 Å². The maximum absolute atomic E-state index is 9.28. The van der Waals surface area contributed by atoms with Gasteiger partial charge in [-0.2, -0.15) is 0 Å². The third-order valence-corrected chi connectivity index (χ3v) is 0.289. The Morgan fingerprint density at radius 2 is 1.60 bits per heavy atom. The lowest BCUT2D eigenvalue weighted by molar-refractivity contribution is -0.322. The molecule has 0 bridgehead atoms. The molecule has 0 amide bonds. The molecule has 0 aromatic carbocycles. The van der Waals surface area contributed by atoms with Crippen molar-refractivity contribution in [2.75, 3.05) is 0 Å². The molecular weight excluding hydrogens is 136 g/mol. The van der Waals surface area contributed by atoms with Crippen LogP contribution in [0.4, 0.5) is 0 Å². The molecule has 58 valence electrons. The highest BCUT2D eigenvalue weighted by molar-refractivity contribution is 5.86. The van der Waals surface area contributed by atoms with Gasteiger partial charge in [-0.1, -0.05) is 6.08 Å². The Kier molecular flexibility index (Phi) is 8.81. The monoisotopic (exact) mass is 144 g/mol. The predicted octanol–water partition coefficient (Wildman–Crippen LogP) is -1.93. The highest BCUT2D eigenvalue weighted by atomic mass is 16.4. The third-order valence-electron chi connectivity index (χ3n) is 0.289. The third kappa shape index (κ3) is 30.0. The molecule has 0 aromatic rings. The van der Waals surface area contributed by atoms with Gasteiger partial charge < -0.3 is 19.8 Å². The number of carboxylic acid groups (broad SMARTS) is 2. The van der Waals surface area contributed by atoms with Crippen LogP contribution in [0.5, 0.6) is 0 Å². The molecule has 0 atom stereocenters. The summed E-state index contributed by atoms with van der Waals surface area (Å²) in [5.41, 5.74) is 0. The number of carboxylic acids is 2. The lowest BCUT2D eigenvalue weighted by Gasteiger charge is -1.99. The number of carbonyl (C=O) groups is 2. The average Bonchev–Trinajstić information content (AvgIpc) is 1.62. The van der Waals surface area contributed by atoms with Crippen LogP contribution in [0.2, 0.25) is 0 Å². The van der Waals surface area contributed by atoms with Gasteiger partial charge in [-0.05, 0) is 6.92 Å². The average molecular weight is 144 g/mol. The van der Waals surface area contributed by atoms with Gasteiger partial charge in [0.1, 0.15) is 0 Å². The van der Waals surface area contributed by atoms with Crippen LogP contribution in [0.25, 0.3) is 0 Å². The highest BCUT2D eigenvalue weighted by Crippen LogP contribution is 1.66. The molecule has 0 fully saturated rings. The quantitative estimate of drug-likeness (QED) is 0.334. The first-order valence-electron chi connectivity index (χ1n) is 2.51. The first-order valence-corrected chi connectivity index (χ1v) is 2.51. The van der Waals surface area contributed by atoms with E-state index in [4.69, 9.17) is 0 Å². The van der Waals surface area contributed by atoms with Gasteiger partial charge in [0.25, 0.3) is 0 Å². The molecular formula is C6H8O4-2. The Morgan fingerprint density at radius 1 is 1.40 bits per heavy atom. The minimum absolute atomic E-state index is 1.03. The number of hydrogen-bond acceptors (Lipinski definition) is 4. The van der Waals surface area contributed by atoms with Gasteiger partial charge in [0.05, 0.1) is 0 Å². The van der Waals surface area contributed by atoms with E-state index in [9.17, 15) is 19.8 Å². The predicted molar refractivity (Wildman–Crippen MR) is 30.5 cm³/mol. The molecule has 0 N–H and O–H groups in total. The van der Waals surface area contributed by atoms with E-state index in [1.807, 2.05) is 6.92 Å². The molecule has 0 radical (unpaired) electrons. The van der Waals surface area contributed by atoms with Crippen LogP contribution in [-0.2, 0) is 9.59 Å². The van der Waals surface area contributed by atoms with E-state index in [-0.39, 0.29) is 0 Å². The molecule has 0 heterocycles. The Labute approximate surface area is 58.8 Å². The molecule has 0 aliphatic carbocycles. The SMILES string of the molecule is C=CC.O=C([O-])CC(=O)[O-]. The molecule has 0 saturated carbocycles. The topological polar surface area (TPSA) is 80.3 Å². The van der Waals surface area contributed by atoms with Crippen LogP contribution < -0.4 is 10.2 Å². The van der Waals surface area contributed by atoms with Crippen LogP contribution in [0, 0.1) is 0 Å². The molecule has 4 nitrogen and oxygen atoms in total. The summed E-state index contributed by atoms with van der Waals surface area (Å²) < 4.78 is 0. The molecule has 0 aliphatic heterocycles. The summed E-state index contributed by atoms with van der Waals surface area (Å²) in [5.74, 6) is -3.25. The van der Waals surface area contributed by atoms with Crippen LogP contribution in [0.1, 0.15) is 13.3 Å². The lowest BCUT2D eigenvalue weighted by Crippen LogP contribution is -2.32. The summed E-state index contributed by atoms with van der Waals surface area (Å²) in [6.07, 6.45) is 0.722. The molecule has 10 heavy (non-hydrogen) atoms. The van der Waals surface area contributed by atoms with Crippen molar-refractivity contribution in [3.63, 3.8) is 0 Å². The van der Waals surface area contributed by atoms with E-state index in [1.165, 1.54) is 0 Å². The van der Waals surface area contributed by atoms with Crippen molar-refractivity contribution >= 4 is 11.9 Å². The number of aliphatic carboxylic acids is 2. The zero-order valence-corrected chi connectivity index (χ0v) is 5.62. The molecule has 0 unspecified atom stereocenters. The standard InChI is InChI=1S/C3H4O4.C3H6/c4-2(5)1-3(6)7;1-3-2/h1H2,(H,4,5)(H,6,7);3H,1H2,2H3/p-2. The van der Waals surface area contributed by atoms with Gasteiger partial charge in [0.15, 0.2) is 0 Å². The summed E-state index contributed by atoms with van der Waals surface area (Å²) >= 11 is 0. The largest absolute Gasteiger partial charge is 0.550 e. The second kappa shape index (κ2) is 7.68. The Balaban J connectivity index is 0. The fourth-order valence-electron chi connectivity index (χ4n) is 0.118. The summed E-state index contributed by atoms with van der Waals surface area (Å²) in [6, 6.07) is 0. The van der Waals surface area contributed by atoms with Crippen molar-refractivity contribution in [1.82, 2.24) is 0 Å². The number of carbonyl (C=O) groups excluding carboxylic acids is 2. The molecule has 0 spiro atoms. The maximum Gasteiger partial charge on any atom is 0.0470 e. The minimum atomic E-state index is -1.63. The first-order chi connectivity index (χ1) is 4.54. The summed E-state index contributed by atoms with van der Waals surface area (Å²) in [5, 5.41) is 18.6. The van der Waals surface area contributed by atoms with Crippen molar-refractivity contribution in [3.05, 3.63) is 12.7 Å². The second-order valence-corrected chi connectivity index (χ2v) is 1.33. The van der Waals surface area contributed by atoms with Gasteiger partial charge in [-0.3, -0.25) is 0 Å². The van der Waals surface area contributed by atoms with Crippen molar-refractivity contribution in [2.45, 2.75) is 13.3 Å². The van der Waals surface area contributed by atoms with Crippen LogP contribution in [0.15, 0.2) is 12.7 Å². The highest BCUT2D eigenvalue weighted by Gasteiger charge is 1.81. The Morgan fingerprint density at radius 3 is 1.60 bits per heavy atom. The first kappa shape index (κ1) is 11.5. The van der Waals surface area contributed by atoms with E-state index >= 15 is 0 Å². The van der Waals surface area contributed by atoms with E-state index in [2.05, 4.69) is 6.58 Å². The van der Waals surface area contributed by atoms with Crippen molar-refractivity contribution in [1.29, 1.82) is 0 Å². The molecule has 0 saturated heterocycles. The van der Waals surface area contributed by atoms with Crippen molar-refractivity contribution in [2.24, 2.45) is 0 Å². The molecule has 0 aromatic heterocycles. The second-order valence-electron chi connectivity index (χ2n) is 1.33. The lowest BCUT2D eigenvalue weighted by atomic mass is 10.5. The number of hydrogen-bond donors (Lipinski definition) is 0. The smallest absolute Gasteiger partial charge is 0.0470 e. The summed E-state index contributed by atoms with van der Waals surface area (Å²) in [7, 11) is 0. The fourth-order valence-corrected chi connectivity index (χ4v) is 0.118. The number of rotatable bonds is 2. The summed E-state index contributed by atoms with van der Waals surface area (Å²) in [4.78, 5) is 18.6. The van der Waals surface area contributed by atoms with Gasteiger partial charge >= 0.3 is 0 Å². The summed E-state index contributed by atoms with van der Waals surface area (Å²) in [6.45, 7) is 5.25. The fraction of sp³-hybridized carbons (Fsp3) is 0.333. The van der Waals surface area contributed by atoms with Crippen molar-refractivity contribution in [3.8, 4) is 0 Å². The van der Waals surface area contributed by atoms with E-state index in [0.717, 1.165) is 0 Å². The normalized spacial score (nSPS) is 6.90. The maximum atomic E-state index is 9.28. The zero-order chi connectivity index (χ0) is 8.57. The Bertz CT molecular complexity index is 116. The van der Waals surface area contributed by atoms with Crippen LogP contribution in [0.3, 0.4) is 0 Å². The van der Waals surface area contributed by atoms with Crippen LogP contribution in [-0.4, -0.2) is 11.9 Å².